The van der Waals surface area contributed by atoms with E-state index in [1.54, 1.807) is 43.5 Å². The Morgan fingerprint density at radius 1 is 0.968 bits per heavy atom. The molecule has 0 aliphatic heterocycles. The van der Waals surface area contributed by atoms with Crippen LogP contribution in [0.4, 0.5) is 0 Å². The molecule has 0 atom stereocenters. The first kappa shape index (κ1) is 21.2. The predicted octanol–water partition coefficient (Wildman–Crippen LogP) is 5.66. The van der Waals surface area contributed by atoms with Crippen molar-refractivity contribution in [1.82, 2.24) is 4.98 Å². The van der Waals surface area contributed by atoms with E-state index < -0.39 is 9.84 Å². The van der Waals surface area contributed by atoms with Crippen molar-refractivity contribution < 1.29 is 17.6 Å². The monoisotopic (exact) mass is 453 g/mol. The van der Waals surface area contributed by atoms with E-state index in [2.05, 4.69) is 0 Å². The molecule has 0 amide bonds. The van der Waals surface area contributed by atoms with E-state index in [9.17, 15) is 8.42 Å². The van der Waals surface area contributed by atoms with Gasteiger partial charge in [-0.25, -0.2) is 13.4 Å². The van der Waals surface area contributed by atoms with Gasteiger partial charge in [0, 0.05) is 23.8 Å². The number of hydrogen-bond acceptors (Lipinski definition) is 5. The molecule has 0 N–H and O–H groups in total. The van der Waals surface area contributed by atoms with Gasteiger partial charge in [-0.2, -0.15) is 0 Å². The number of sulfone groups is 1. The Hall–Kier alpha value is -3.09. The Balaban J connectivity index is 1.81. The zero-order chi connectivity index (χ0) is 22.0. The van der Waals surface area contributed by atoms with Crippen LogP contribution in [0.5, 0.6) is 5.75 Å². The fourth-order valence-corrected chi connectivity index (χ4v) is 4.16. The maximum Gasteiger partial charge on any atom is 0.199 e. The fourth-order valence-electron chi connectivity index (χ4n) is 3.27. The molecule has 4 rings (SSSR count). The van der Waals surface area contributed by atoms with Crippen LogP contribution in [0, 0.1) is 0 Å². The third-order valence-electron chi connectivity index (χ3n) is 4.84. The van der Waals surface area contributed by atoms with E-state index in [0.717, 1.165) is 16.7 Å². The Bertz CT molecular complexity index is 1310. The number of methoxy groups -OCH3 is 1. The molecule has 1 aromatic heterocycles. The Morgan fingerprint density at radius 2 is 1.65 bits per heavy atom. The van der Waals surface area contributed by atoms with Gasteiger partial charge in [-0.05, 0) is 35.9 Å². The van der Waals surface area contributed by atoms with Crippen molar-refractivity contribution in [2.24, 2.45) is 0 Å². The Morgan fingerprint density at radius 3 is 2.26 bits per heavy atom. The second-order valence-corrected chi connectivity index (χ2v) is 9.52. The van der Waals surface area contributed by atoms with Crippen LogP contribution in [0.25, 0.3) is 22.6 Å². The number of oxazole rings is 1. The smallest absolute Gasteiger partial charge is 0.199 e. The number of nitrogens with zero attached hydrogens (tertiary/aromatic N) is 1. The Labute approximate surface area is 186 Å². The van der Waals surface area contributed by atoms with Crippen LogP contribution in [0.1, 0.15) is 11.5 Å². The molecule has 0 saturated heterocycles. The molecule has 3 aromatic carbocycles. The number of benzene rings is 3. The van der Waals surface area contributed by atoms with Crippen LogP contribution in [0.15, 0.2) is 82.1 Å². The van der Waals surface area contributed by atoms with Gasteiger partial charge >= 0.3 is 0 Å². The summed E-state index contributed by atoms with van der Waals surface area (Å²) in [5.41, 5.74) is 3.19. The lowest BCUT2D eigenvalue weighted by Gasteiger charge is -2.06. The molecule has 7 heteroatoms. The molecule has 31 heavy (non-hydrogen) atoms. The highest BCUT2D eigenvalue weighted by Gasteiger charge is 2.19. The van der Waals surface area contributed by atoms with E-state index in [-0.39, 0.29) is 4.90 Å². The first-order chi connectivity index (χ1) is 14.8. The van der Waals surface area contributed by atoms with Gasteiger partial charge in [0.05, 0.1) is 17.0 Å². The average molecular weight is 454 g/mol. The van der Waals surface area contributed by atoms with Gasteiger partial charge in [0.2, 0.25) is 0 Å². The standard InChI is InChI=1S/C24H20ClNO4S/c1-29-21-13-10-18(15-20(21)25)24-23(17-8-11-19(12-9-17)31(2,27)28)26-22(30-24)14-16-6-4-3-5-7-16/h3-13,15H,14H2,1-2H3. The van der Waals surface area contributed by atoms with Gasteiger partial charge in [0.15, 0.2) is 21.5 Å². The number of halogens is 1. The molecular weight excluding hydrogens is 434 g/mol. The van der Waals surface area contributed by atoms with Crippen LogP contribution in [0.2, 0.25) is 5.02 Å². The number of aromatic nitrogens is 1. The van der Waals surface area contributed by atoms with Gasteiger partial charge < -0.3 is 9.15 Å². The summed E-state index contributed by atoms with van der Waals surface area (Å²) in [4.78, 5) is 4.97. The van der Waals surface area contributed by atoms with Crippen LogP contribution < -0.4 is 4.74 Å². The molecule has 0 saturated carbocycles. The maximum absolute atomic E-state index is 11.8. The third kappa shape index (κ3) is 4.65. The number of hydrogen-bond donors (Lipinski definition) is 0. The zero-order valence-corrected chi connectivity index (χ0v) is 18.6. The largest absolute Gasteiger partial charge is 0.495 e. The average Bonchev–Trinajstić information content (AvgIpc) is 3.17. The highest BCUT2D eigenvalue weighted by Crippen LogP contribution is 2.37. The van der Waals surface area contributed by atoms with Gasteiger partial charge in [-0.3, -0.25) is 0 Å². The second-order valence-electron chi connectivity index (χ2n) is 7.09. The highest BCUT2D eigenvalue weighted by atomic mass is 35.5. The van der Waals surface area contributed by atoms with Crippen molar-refractivity contribution in [3.63, 3.8) is 0 Å². The van der Waals surface area contributed by atoms with Gasteiger partial charge in [0.1, 0.15) is 11.4 Å². The maximum atomic E-state index is 11.8. The minimum atomic E-state index is -3.29. The lowest BCUT2D eigenvalue weighted by atomic mass is 10.1. The van der Waals surface area contributed by atoms with Crippen molar-refractivity contribution >= 4 is 21.4 Å². The third-order valence-corrected chi connectivity index (χ3v) is 6.26. The van der Waals surface area contributed by atoms with E-state index in [4.69, 9.17) is 25.7 Å². The van der Waals surface area contributed by atoms with Crippen molar-refractivity contribution in [2.45, 2.75) is 11.3 Å². The van der Waals surface area contributed by atoms with Gasteiger partial charge in [-0.15, -0.1) is 0 Å². The van der Waals surface area contributed by atoms with E-state index >= 15 is 0 Å². The van der Waals surface area contributed by atoms with Crippen molar-refractivity contribution in [2.75, 3.05) is 13.4 Å². The molecule has 0 radical (unpaired) electrons. The van der Waals surface area contributed by atoms with Gasteiger partial charge in [0.25, 0.3) is 0 Å². The van der Waals surface area contributed by atoms with Crippen LogP contribution in [0.3, 0.4) is 0 Å². The van der Waals surface area contributed by atoms with Gasteiger partial charge in [-0.1, -0.05) is 54.1 Å². The first-order valence-electron chi connectivity index (χ1n) is 9.53. The van der Waals surface area contributed by atoms with E-state index in [1.165, 1.54) is 6.26 Å². The summed E-state index contributed by atoms with van der Waals surface area (Å²) in [6.45, 7) is 0. The molecule has 0 unspecified atom stereocenters. The summed E-state index contributed by atoms with van der Waals surface area (Å²) in [6, 6.07) is 21.9. The molecule has 1 heterocycles. The Kier molecular flexibility index (Phi) is 5.85. The fraction of sp³-hybridized carbons (Fsp3) is 0.125. The van der Waals surface area contributed by atoms with E-state index in [1.807, 2.05) is 36.4 Å². The lowest BCUT2D eigenvalue weighted by molar-refractivity contribution is 0.415. The molecule has 0 fully saturated rings. The van der Waals surface area contributed by atoms with E-state index in [0.29, 0.717) is 34.5 Å². The SMILES string of the molecule is COc1ccc(-c2oc(Cc3ccccc3)nc2-c2ccc(S(C)(=O)=O)cc2)cc1Cl. The summed E-state index contributed by atoms with van der Waals surface area (Å²) in [7, 11) is -1.73. The predicted molar refractivity (Wildman–Crippen MR) is 121 cm³/mol. The molecule has 5 nitrogen and oxygen atoms in total. The lowest BCUT2D eigenvalue weighted by Crippen LogP contribution is -1.96. The zero-order valence-electron chi connectivity index (χ0n) is 17.0. The van der Waals surface area contributed by atoms with Crippen LogP contribution >= 0.6 is 11.6 Å². The second kappa shape index (κ2) is 8.57. The molecule has 0 aliphatic rings. The molecule has 0 spiro atoms. The minimum absolute atomic E-state index is 0.248. The number of rotatable bonds is 6. The van der Waals surface area contributed by atoms with Crippen LogP contribution in [-0.4, -0.2) is 26.8 Å². The summed E-state index contributed by atoms with van der Waals surface area (Å²) in [5.74, 6) is 1.67. The van der Waals surface area contributed by atoms with Crippen molar-refractivity contribution in [3.05, 3.63) is 89.3 Å². The van der Waals surface area contributed by atoms with Crippen molar-refractivity contribution in [3.8, 4) is 28.3 Å². The summed E-state index contributed by atoms with van der Waals surface area (Å²) in [5, 5.41) is 0.458. The van der Waals surface area contributed by atoms with Crippen LogP contribution in [-0.2, 0) is 16.3 Å². The first-order valence-corrected chi connectivity index (χ1v) is 11.8. The summed E-state index contributed by atoms with van der Waals surface area (Å²) in [6.07, 6.45) is 1.71. The normalized spacial score (nSPS) is 11.5. The summed E-state index contributed by atoms with van der Waals surface area (Å²) < 4.78 is 35.0. The molecule has 158 valence electrons. The topological polar surface area (TPSA) is 69.4 Å². The quantitative estimate of drug-likeness (QED) is 0.376. The molecule has 4 aromatic rings. The molecule has 0 aliphatic carbocycles. The minimum Gasteiger partial charge on any atom is -0.495 e. The molecular formula is C24H20ClNO4S. The highest BCUT2D eigenvalue weighted by molar-refractivity contribution is 7.90. The van der Waals surface area contributed by atoms with Crippen molar-refractivity contribution in [1.29, 1.82) is 0 Å². The summed E-state index contributed by atoms with van der Waals surface area (Å²) >= 11 is 6.33. The molecule has 0 bridgehead atoms. The number of ether oxygens (including phenoxy) is 1.